The molecule has 144 valence electrons. The first-order chi connectivity index (χ1) is 13.5. The van der Waals surface area contributed by atoms with Crippen molar-refractivity contribution in [3.63, 3.8) is 0 Å². The molecule has 4 rings (SSSR count). The Morgan fingerprint density at radius 1 is 1.32 bits per heavy atom. The van der Waals surface area contributed by atoms with Crippen molar-refractivity contribution in [2.24, 2.45) is 0 Å². The van der Waals surface area contributed by atoms with Gasteiger partial charge in [0.2, 0.25) is 6.79 Å². The van der Waals surface area contributed by atoms with Gasteiger partial charge in [-0.25, -0.2) is 0 Å². The lowest BCUT2D eigenvalue weighted by atomic mass is 10.1. The zero-order chi connectivity index (χ0) is 19.8. The Balaban J connectivity index is 1.57. The highest BCUT2D eigenvalue weighted by Gasteiger charge is 2.32. The average Bonchev–Trinajstić information content (AvgIpc) is 3.24. The van der Waals surface area contributed by atoms with Crippen LogP contribution in [0.5, 0.6) is 23.0 Å². The van der Waals surface area contributed by atoms with Crippen molar-refractivity contribution >= 4 is 62.9 Å². The molecule has 0 atom stereocenters. The molecule has 0 aromatic heterocycles. The normalized spacial score (nSPS) is 16.9. The maximum atomic E-state index is 12.9. The summed E-state index contributed by atoms with van der Waals surface area (Å²) in [6, 6.07) is 9.04. The fourth-order valence-corrected chi connectivity index (χ4v) is 4.72. The molecule has 2 aromatic rings. The number of fused-ring (bicyclic) bond motifs is 1. The van der Waals surface area contributed by atoms with Crippen molar-refractivity contribution in [3.8, 4) is 23.0 Å². The number of carbonyl (C=O) groups excluding carboxylic acids is 1. The smallest absolute Gasteiger partial charge is 0.266 e. The molecule has 1 amide bonds. The van der Waals surface area contributed by atoms with Gasteiger partial charge in [0.05, 0.1) is 22.1 Å². The van der Waals surface area contributed by atoms with Crippen molar-refractivity contribution in [1.29, 1.82) is 0 Å². The van der Waals surface area contributed by atoms with Crippen LogP contribution in [0.25, 0.3) is 6.08 Å². The third-order valence-electron chi connectivity index (χ3n) is 4.22. The quantitative estimate of drug-likeness (QED) is 0.365. The number of nitrogens with zero attached hydrogens (tertiary/aromatic N) is 1. The number of phenols is 1. The Bertz CT molecular complexity index is 1020. The zero-order valence-electron chi connectivity index (χ0n) is 14.6. The summed E-state index contributed by atoms with van der Waals surface area (Å²) >= 11 is 8.68. The second kappa shape index (κ2) is 7.80. The number of halogens is 1. The molecule has 0 bridgehead atoms. The maximum Gasteiger partial charge on any atom is 0.266 e. The lowest BCUT2D eigenvalue weighted by molar-refractivity contribution is -0.122. The van der Waals surface area contributed by atoms with Gasteiger partial charge in [0.25, 0.3) is 5.91 Å². The number of thiocarbonyl (C=S) groups is 1. The maximum absolute atomic E-state index is 12.9. The molecule has 0 radical (unpaired) electrons. The van der Waals surface area contributed by atoms with Gasteiger partial charge in [-0.1, -0.05) is 30.0 Å². The van der Waals surface area contributed by atoms with E-state index in [1.165, 1.54) is 18.9 Å². The SMILES string of the molecule is COc1cc(/C=C2\SC(=S)N(Cc3ccc4c(c3)OCO4)C2=O)cc(I)c1O. The molecule has 9 heteroatoms. The fraction of sp³-hybridized carbons (Fsp3) is 0.158. The molecule has 28 heavy (non-hydrogen) atoms. The Hall–Kier alpha value is -1.98. The molecule has 2 aromatic carbocycles. The van der Waals surface area contributed by atoms with Crippen molar-refractivity contribution < 1.29 is 24.1 Å². The van der Waals surface area contributed by atoms with Crippen molar-refractivity contribution in [1.82, 2.24) is 4.90 Å². The van der Waals surface area contributed by atoms with E-state index in [0.29, 0.717) is 36.6 Å². The average molecular weight is 527 g/mol. The van der Waals surface area contributed by atoms with Gasteiger partial charge in [0, 0.05) is 0 Å². The highest BCUT2D eigenvalue weighted by atomic mass is 127. The molecule has 0 spiro atoms. The zero-order valence-corrected chi connectivity index (χ0v) is 18.4. The summed E-state index contributed by atoms with van der Waals surface area (Å²) in [5.41, 5.74) is 1.66. The number of thioether (sulfide) groups is 1. The van der Waals surface area contributed by atoms with Crippen LogP contribution in [0, 0.1) is 3.57 Å². The van der Waals surface area contributed by atoms with E-state index in [2.05, 4.69) is 0 Å². The van der Waals surface area contributed by atoms with Crippen LogP contribution in [-0.2, 0) is 11.3 Å². The topological polar surface area (TPSA) is 68.2 Å². The van der Waals surface area contributed by atoms with Crippen LogP contribution in [0.4, 0.5) is 0 Å². The van der Waals surface area contributed by atoms with Crippen LogP contribution < -0.4 is 14.2 Å². The number of ether oxygens (including phenoxy) is 3. The number of benzene rings is 2. The lowest BCUT2D eigenvalue weighted by Gasteiger charge is -2.14. The predicted molar refractivity (Wildman–Crippen MR) is 119 cm³/mol. The van der Waals surface area contributed by atoms with Gasteiger partial charge in [-0.2, -0.15) is 0 Å². The monoisotopic (exact) mass is 527 g/mol. The van der Waals surface area contributed by atoms with Crippen molar-refractivity contribution in [3.05, 3.63) is 49.9 Å². The van der Waals surface area contributed by atoms with Crippen LogP contribution in [0.1, 0.15) is 11.1 Å². The molecule has 1 saturated heterocycles. The van der Waals surface area contributed by atoms with Gasteiger partial charge in [0.1, 0.15) is 4.32 Å². The number of methoxy groups -OCH3 is 1. The highest BCUT2D eigenvalue weighted by Crippen LogP contribution is 2.38. The molecule has 0 aliphatic carbocycles. The van der Waals surface area contributed by atoms with Crippen molar-refractivity contribution in [2.45, 2.75) is 6.54 Å². The molecular weight excluding hydrogens is 513 g/mol. The first-order valence-corrected chi connectivity index (χ1v) is 10.5. The summed E-state index contributed by atoms with van der Waals surface area (Å²) in [5, 5.41) is 9.98. The van der Waals surface area contributed by atoms with E-state index < -0.39 is 0 Å². The summed E-state index contributed by atoms with van der Waals surface area (Å²) < 4.78 is 17.0. The van der Waals surface area contributed by atoms with Gasteiger partial charge in [-0.05, 0) is 64.1 Å². The fourth-order valence-electron chi connectivity index (χ4n) is 2.84. The Kier molecular flexibility index (Phi) is 5.39. The third kappa shape index (κ3) is 3.65. The first kappa shape index (κ1) is 19.3. The van der Waals surface area contributed by atoms with Gasteiger partial charge in [-0.3, -0.25) is 9.69 Å². The van der Waals surface area contributed by atoms with E-state index in [1.54, 1.807) is 23.1 Å². The first-order valence-electron chi connectivity index (χ1n) is 8.16. The van der Waals surface area contributed by atoms with Gasteiger partial charge in [-0.15, -0.1) is 0 Å². The highest BCUT2D eigenvalue weighted by molar-refractivity contribution is 14.1. The molecular formula is C19H14INO5S2. The molecule has 1 fully saturated rings. The van der Waals surface area contributed by atoms with Gasteiger partial charge in [0.15, 0.2) is 23.0 Å². The number of carbonyl (C=O) groups is 1. The molecule has 2 aliphatic heterocycles. The van der Waals surface area contributed by atoms with Crippen molar-refractivity contribution in [2.75, 3.05) is 13.9 Å². The molecule has 2 aliphatic rings. The Morgan fingerprint density at radius 3 is 2.89 bits per heavy atom. The third-order valence-corrected chi connectivity index (χ3v) is 6.42. The number of hydrogen-bond donors (Lipinski definition) is 1. The van der Waals surface area contributed by atoms with Crippen LogP contribution in [0.2, 0.25) is 0 Å². The van der Waals surface area contributed by atoms with E-state index in [0.717, 1.165) is 11.1 Å². The number of rotatable bonds is 4. The van der Waals surface area contributed by atoms with E-state index in [4.69, 9.17) is 26.4 Å². The minimum atomic E-state index is -0.158. The predicted octanol–water partition coefficient (Wildman–Crippen LogP) is 4.14. The van der Waals surface area contributed by atoms with Gasteiger partial charge < -0.3 is 19.3 Å². The standard InChI is InChI=1S/C19H14INO5S2/c1-24-15-6-11(4-12(20)17(15)22)7-16-18(23)21(19(27)28-16)8-10-2-3-13-14(5-10)26-9-25-13/h2-7,22H,8-9H2,1H3/b16-7-. The number of aromatic hydroxyl groups is 1. The van der Waals surface area contributed by atoms with E-state index in [9.17, 15) is 9.90 Å². The number of phenolic OH excluding ortho intramolecular Hbond substituents is 1. The summed E-state index contributed by atoms with van der Waals surface area (Å²) in [7, 11) is 1.49. The Labute approximate surface area is 184 Å². The van der Waals surface area contributed by atoms with Crippen LogP contribution in [0.15, 0.2) is 35.2 Å². The van der Waals surface area contributed by atoms with E-state index in [1.807, 2.05) is 40.8 Å². The van der Waals surface area contributed by atoms with E-state index in [-0.39, 0.29) is 18.4 Å². The minimum Gasteiger partial charge on any atom is -0.504 e. The second-order valence-corrected chi connectivity index (χ2v) is 8.85. The van der Waals surface area contributed by atoms with E-state index >= 15 is 0 Å². The van der Waals surface area contributed by atoms with Gasteiger partial charge >= 0.3 is 0 Å². The molecule has 0 unspecified atom stereocenters. The summed E-state index contributed by atoms with van der Waals surface area (Å²) in [5.74, 6) is 1.65. The molecule has 2 heterocycles. The summed E-state index contributed by atoms with van der Waals surface area (Å²) in [6.07, 6.45) is 1.75. The van der Waals surface area contributed by atoms with Crippen LogP contribution >= 0.6 is 46.6 Å². The van der Waals surface area contributed by atoms with Crippen LogP contribution in [-0.4, -0.2) is 34.1 Å². The number of hydrogen-bond acceptors (Lipinski definition) is 7. The Morgan fingerprint density at radius 2 is 2.11 bits per heavy atom. The molecule has 6 nitrogen and oxygen atoms in total. The largest absolute Gasteiger partial charge is 0.504 e. The lowest BCUT2D eigenvalue weighted by Crippen LogP contribution is -2.27. The summed E-state index contributed by atoms with van der Waals surface area (Å²) in [4.78, 5) is 15.0. The summed E-state index contributed by atoms with van der Waals surface area (Å²) in [6.45, 7) is 0.562. The molecule has 1 N–H and O–H groups in total. The molecule has 0 saturated carbocycles. The van der Waals surface area contributed by atoms with Crippen LogP contribution in [0.3, 0.4) is 0 Å². The minimum absolute atomic E-state index is 0.0793. The second-order valence-electron chi connectivity index (χ2n) is 6.01. The number of amides is 1.